The van der Waals surface area contributed by atoms with E-state index in [9.17, 15) is 28.1 Å². The van der Waals surface area contributed by atoms with Crippen LogP contribution in [0.4, 0.5) is 5.69 Å². The number of benzene rings is 2. The first-order chi connectivity index (χ1) is 19.7. The van der Waals surface area contributed by atoms with E-state index in [0.29, 0.717) is 58.2 Å². The average molecular weight is 583 g/mol. The van der Waals surface area contributed by atoms with E-state index < -0.39 is 32.1 Å². The third-order valence-corrected chi connectivity index (χ3v) is 11.5. The Balaban J connectivity index is 1.19. The highest BCUT2D eigenvalue weighted by atomic mass is 32.2. The van der Waals surface area contributed by atoms with Gasteiger partial charge in [-0.15, -0.1) is 0 Å². The number of rotatable bonds is 7. The first-order valence-electron chi connectivity index (χ1n) is 14.3. The number of nitro benzene ring substituents is 1. The van der Waals surface area contributed by atoms with Gasteiger partial charge >= 0.3 is 0 Å². The molecule has 0 aromatic heterocycles. The molecule has 0 amide bonds. The summed E-state index contributed by atoms with van der Waals surface area (Å²) in [6, 6.07) is 14.8. The quantitative estimate of drug-likeness (QED) is 0.271. The number of carbonyl (C=O) groups excluding carboxylic acids is 2. The van der Waals surface area contributed by atoms with E-state index >= 15 is 0 Å². The predicted octanol–water partition coefficient (Wildman–Crippen LogP) is 4.07. The Morgan fingerprint density at radius 2 is 1.71 bits per heavy atom. The van der Waals surface area contributed by atoms with E-state index in [0.717, 1.165) is 5.56 Å². The van der Waals surface area contributed by atoms with Crippen LogP contribution < -0.4 is 0 Å². The van der Waals surface area contributed by atoms with Crippen molar-refractivity contribution in [3.05, 3.63) is 70.3 Å². The molecule has 2 aliphatic heterocycles. The molecular formula is C30H34N2O8S. The molecule has 2 aromatic carbocycles. The number of ether oxygens (including phenoxy) is 2. The number of epoxide rings is 1. The van der Waals surface area contributed by atoms with Gasteiger partial charge in [0.1, 0.15) is 17.5 Å². The van der Waals surface area contributed by atoms with Crippen LogP contribution in [-0.4, -0.2) is 60.6 Å². The molecule has 2 spiro atoms. The Labute approximate surface area is 239 Å². The Kier molecular flexibility index (Phi) is 7.34. The van der Waals surface area contributed by atoms with Gasteiger partial charge in [0.2, 0.25) is 10.0 Å². The van der Waals surface area contributed by atoms with Crippen LogP contribution in [0.25, 0.3) is 0 Å². The summed E-state index contributed by atoms with van der Waals surface area (Å²) in [4.78, 5) is 37.6. The van der Waals surface area contributed by atoms with E-state index in [4.69, 9.17) is 9.47 Å². The zero-order chi connectivity index (χ0) is 28.8. The summed E-state index contributed by atoms with van der Waals surface area (Å²) in [7, 11) is -3.90. The Morgan fingerprint density at radius 1 is 1.00 bits per heavy atom. The molecule has 0 N–H and O–H groups in total. The second kappa shape index (κ2) is 10.7. The highest BCUT2D eigenvalue weighted by molar-refractivity contribution is 7.89. The van der Waals surface area contributed by atoms with Crippen molar-refractivity contribution in [1.29, 1.82) is 0 Å². The first-order valence-corrected chi connectivity index (χ1v) is 15.7. The van der Waals surface area contributed by atoms with Crippen LogP contribution in [0.15, 0.2) is 59.5 Å². The van der Waals surface area contributed by atoms with Gasteiger partial charge in [-0.05, 0) is 61.6 Å². The fourth-order valence-corrected chi connectivity index (χ4v) is 9.21. The first kappa shape index (κ1) is 28.1. The molecule has 11 heteroatoms. The van der Waals surface area contributed by atoms with Crippen LogP contribution in [0.3, 0.4) is 0 Å². The SMILES string of the molecule is O=C1C[C@@H]2C[C@@H](COCc3ccccc3)CC(=O)[C@@]23CCCN(S(=O)(=O)c2ccc([N+](=O)[O-])cc2)CCCC32OC12. The molecule has 2 unspecified atom stereocenters. The lowest BCUT2D eigenvalue weighted by molar-refractivity contribution is -0.384. The molecular weight excluding hydrogens is 548 g/mol. The summed E-state index contributed by atoms with van der Waals surface area (Å²) in [5.41, 5.74) is -0.763. The van der Waals surface area contributed by atoms with Gasteiger partial charge in [-0.3, -0.25) is 19.7 Å². The third-order valence-electron chi connectivity index (χ3n) is 9.56. The van der Waals surface area contributed by atoms with Crippen molar-refractivity contribution >= 4 is 27.3 Å². The summed E-state index contributed by atoms with van der Waals surface area (Å²) in [6.45, 7) is 1.35. The zero-order valence-corrected chi connectivity index (χ0v) is 23.6. The highest BCUT2D eigenvalue weighted by Gasteiger charge is 2.78. The maximum atomic E-state index is 14.1. The van der Waals surface area contributed by atoms with E-state index in [2.05, 4.69) is 0 Å². The third kappa shape index (κ3) is 4.82. The van der Waals surface area contributed by atoms with Gasteiger partial charge in [-0.25, -0.2) is 8.42 Å². The van der Waals surface area contributed by atoms with Crippen LogP contribution in [-0.2, 0) is 35.7 Å². The van der Waals surface area contributed by atoms with Crippen molar-refractivity contribution < 1.29 is 32.4 Å². The molecule has 0 radical (unpaired) electrons. The Morgan fingerprint density at radius 3 is 2.41 bits per heavy atom. The maximum Gasteiger partial charge on any atom is 0.269 e. The lowest BCUT2D eigenvalue weighted by atomic mass is 9.49. The summed E-state index contributed by atoms with van der Waals surface area (Å²) >= 11 is 0. The molecule has 41 heavy (non-hydrogen) atoms. The number of hydrogen-bond acceptors (Lipinski definition) is 8. The summed E-state index contributed by atoms with van der Waals surface area (Å²) < 4.78 is 40.5. The minimum absolute atomic E-state index is 0.00298. The molecule has 0 bridgehead atoms. The van der Waals surface area contributed by atoms with Crippen LogP contribution >= 0.6 is 0 Å². The summed E-state index contributed by atoms with van der Waals surface area (Å²) in [5.74, 6) is 0.0226. The number of nitrogens with zero attached hydrogens (tertiary/aromatic N) is 2. The van der Waals surface area contributed by atoms with Crippen molar-refractivity contribution in [3.8, 4) is 0 Å². The van der Waals surface area contributed by atoms with E-state index in [1.807, 2.05) is 30.3 Å². The minimum Gasteiger partial charge on any atom is -0.376 e. The summed E-state index contributed by atoms with van der Waals surface area (Å²) in [6.07, 6.45) is 2.58. The van der Waals surface area contributed by atoms with Gasteiger partial charge in [0, 0.05) is 38.1 Å². The molecule has 2 saturated heterocycles. The van der Waals surface area contributed by atoms with Crippen molar-refractivity contribution in [2.24, 2.45) is 17.3 Å². The van der Waals surface area contributed by atoms with Gasteiger partial charge < -0.3 is 9.47 Å². The van der Waals surface area contributed by atoms with Gasteiger partial charge in [-0.1, -0.05) is 30.3 Å². The van der Waals surface area contributed by atoms with Gasteiger partial charge in [0.15, 0.2) is 5.78 Å². The molecule has 6 rings (SSSR count). The largest absolute Gasteiger partial charge is 0.376 e. The van der Waals surface area contributed by atoms with E-state index in [-0.39, 0.29) is 47.1 Å². The number of non-ortho nitro benzene ring substituents is 1. The van der Waals surface area contributed by atoms with Crippen molar-refractivity contribution in [3.63, 3.8) is 0 Å². The topological polar surface area (TPSA) is 136 Å². The highest BCUT2D eigenvalue weighted by Crippen LogP contribution is 2.67. The van der Waals surface area contributed by atoms with E-state index in [1.54, 1.807) is 0 Å². The molecule has 10 nitrogen and oxygen atoms in total. The molecule has 4 aliphatic rings. The minimum atomic E-state index is -3.90. The smallest absolute Gasteiger partial charge is 0.269 e. The number of sulfonamides is 1. The molecule has 5 atom stereocenters. The molecule has 2 aromatic rings. The molecule has 2 saturated carbocycles. The number of nitro groups is 1. The lowest BCUT2D eigenvalue weighted by Gasteiger charge is -2.50. The zero-order valence-electron chi connectivity index (χ0n) is 22.8. The average Bonchev–Trinajstić information content (AvgIpc) is 3.69. The van der Waals surface area contributed by atoms with Crippen LogP contribution in [0, 0.1) is 27.4 Å². The van der Waals surface area contributed by atoms with Crippen molar-refractivity contribution in [2.75, 3.05) is 19.7 Å². The predicted molar refractivity (Wildman–Crippen MR) is 147 cm³/mol. The van der Waals surface area contributed by atoms with Gasteiger partial charge in [0.25, 0.3) is 5.69 Å². The summed E-state index contributed by atoms with van der Waals surface area (Å²) in [5, 5.41) is 11.0. The van der Waals surface area contributed by atoms with Crippen molar-refractivity contribution in [2.45, 2.75) is 68.2 Å². The van der Waals surface area contributed by atoms with Crippen LogP contribution in [0.1, 0.15) is 50.5 Å². The fraction of sp³-hybridized carbons (Fsp3) is 0.533. The van der Waals surface area contributed by atoms with Crippen molar-refractivity contribution in [1.82, 2.24) is 4.31 Å². The monoisotopic (exact) mass is 582 g/mol. The Hall–Kier alpha value is -2.99. The standard InChI is InChI=1S/C30H34N2O8S/c33-26-18-23-16-22(20-39-19-21-6-2-1-3-7-21)17-27(34)29(23)12-4-14-31(15-5-13-30(29)28(26)40-30)41(37,38)25-10-8-24(9-11-25)32(35)36/h1-3,6-11,22-23,28H,4-5,12-20H2/t22-,23+,28?,29-,30?/m1/s1. The molecule has 2 aliphatic carbocycles. The number of hydrogen-bond donors (Lipinski definition) is 0. The molecule has 218 valence electrons. The van der Waals surface area contributed by atoms with Crippen LogP contribution in [0.2, 0.25) is 0 Å². The van der Waals surface area contributed by atoms with Gasteiger partial charge in [-0.2, -0.15) is 4.31 Å². The molecule has 2 heterocycles. The van der Waals surface area contributed by atoms with E-state index in [1.165, 1.54) is 28.6 Å². The second-order valence-corrected chi connectivity index (χ2v) is 13.8. The fourth-order valence-electron chi connectivity index (χ4n) is 7.70. The normalized spacial score (nSPS) is 32.0. The second-order valence-electron chi connectivity index (χ2n) is 11.8. The lowest BCUT2D eigenvalue weighted by Crippen LogP contribution is -2.59. The number of ketones is 2. The van der Waals surface area contributed by atoms with Crippen LogP contribution in [0.5, 0.6) is 0 Å². The maximum absolute atomic E-state index is 14.1. The number of carbonyl (C=O) groups is 2. The Bertz CT molecular complexity index is 1450. The number of Topliss-reactive ketones (excluding diaryl/α,β-unsaturated/α-hetero) is 2. The molecule has 4 fully saturated rings. The van der Waals surface area contributed by atoms with Gasteiger partial charge in [0.05, 0.1) is 28.4 Å².